The van der Waals surface area contributed by atoms with Crippen molar-refractivity contribution in [3.63, 3.8) is 0 Å². The Kier molecular flexibility index (Phi) is 7.58. The summed E-state index contributed by atoms with van der Waals surface area (Å²) in [5, 5.41) is 3.20. The summed E-state index contributed by atoms with van der Waals surface area (Å²) >= 11 is 1.65. The summed E-state index contributed by atoms with van der Waals surface area (Å²) in [6, 6.07) is 7.07. The van der Waals surface area contributed by atoms with Crippen molar-refractivity contribution in [2.45, 2.75) is 37.8 Å². The molecule has 1 aromatic rings. The fourth-order valence-electron chi connectivity index (χ4n) is 1.82. The van der Waals surface area contributed by atoms with Crippen molar-refractivity contribution in [1.82, 2.24) is 10.0 Å². The Labute approximate surface area is 126 Å². The van der Waals surface area contributed by atoms with Crippen LogP contribution >= 0.6 is 11.8 Å². The smallest absolute Gasteiger partial charge is 0.240 e. The predicted octanol–water partition coefficient (Wildman–Crippen LogP) is 2.22. The van der Waals surface area contributed by atoms with Gasteiger partial charge < -0.3 is 5.32 Å². The lowest BCUT2D eigenvalue weighted by Gasteiger charge is -2.16. The summed E-state index contributed by atoms with van der Waals surface area (Å²) in [6.45, 7) is 5.56. The SMILES string of the molecule is CCNCc1cccc(S(=O)(=O)NC(CC)CSC)c1. The normalized spacial score (nSPS) is 13.3. The molecule has 20 heavy (non-hydrogen) atoms. The topological polar surface area (TPSA) is 58.2 Å². The predicted molar refractivity (Wildman–Crippen MR) is 86.6 cm³/mol. The van der Waals surface area contributed by atoms with Crippen molar-refractivity contribution in [1.29, 1.82) is 0 Å². The van der Waals surface area contributed by atoms with Crippen LogP contribution in [0.5, 0.6) is 0 Å². The van der Waals surface area contributed by atoms with E-state index < -0.39 is 10.0 Å². The summed E-state index contributed by atoms with van der Waals surface area (Å²) in [4.78, 5) is 0.340. The Bertz CT molecular complexity index is 504. The molecule has 0 spiro atoms. The third kappa shape index (κ3) is 5.44. The van der Waals surface area contributed by atoms with Crippen LogP contribution in [0.3, 0.4) is 0 Å². The highest BCUT2D eigenvalue weighted by atomic mass is 32.2. The van der Waals surface area contributed by atoms with E-state index in [4.69, 9.17) is 0 Å². The Hall–Kier alpha value is -0.560. The molecule has 1 unspecified atom stereocenters. The maximum Gasteiger partial charge on any atom is 0.240 e. The molecule has 0 aliphatic rings. The van der Waals surface area contributed by atoms with Crippen molar-refractivity contribution in [3.05, 3.63) is 29.8 Å². The molecule has 0 saturated heterocycles. The summed E-state index contributed by atoms with van der Waals surface area (Å²) in [6.07, 6.45) is 2.77. The molecule has 1 rings (SSSR count). The molecule has 0 aliphatic carbocycles. The van der Waals surface area contributed by atoms with Gasteiger partial charge in [-0.1, -0.05) is 26.0 Å². The Morgan fingerprint density at radius 1 is 1.30 bits per heavy atom. The standard InChI is InChI=1S/C14H24N2O2S2/c1-4-13(11-19-3)16-20(17,18)14-8-6-7-12(9-14)10-15-5-2/h6-9,13,15-16H,4-5,10-11H2,1-3H3. The third-order valence-corrected chi connectivity index (χ3v) is 5.22. The lowest BCUT2D eigenvalue weighted by molar-refractivity contribution is 0.558. The lowest BCUT2D eigenvalue weighted by atomic mass is 10.2. The minimum Gasteiger partial charge on any atom is -0.313 e. The summed E-state index contributed by atoms with van der Waals surface area (Å²) in [5.41, 5.74) is 0.979. The molecule has 0 aliphatic heterocycles. The van der Waals surface area contributed by atoms with E-state index in [9.17, 15) is 8.42 Å². The van der Waals surface area contributed by atoms with Gasteiger partial charge in [0.15, 0.2) is 0 Å². The largest absolute Gasteiger partial charge is 0.313 e. The zero-order chi connectivity index (χ0) is 15.0. The van der Waals surface area contributed by atoms with E-state index in [1.165, 1.54) is 0 Å². The van der Waals surface area contributed by atoms with Gasteiger partial charge in [-0.15, -0.1) is 0 Å². The molecule has 0 heterocycles. The quantitative estimate of drug-likeness (QED) is 0.733. The lowest BCUT2D eigenvalue weighted by Crippen LogP contribution is -2.36. The molecule has 0 amide bonds. The highest BCUT2D eigenvalue weighted by molar-refractivity contribution is 7.98. The van der Waals surface area contributed by atoms with Crippen molar-refractivity contribution in [3.8, 4) is 0 Å². The van der Waals surface area contributed by atoms with E-state index in [0.717, 1.165) is 24.3 Å². The minimum atomic E-state index is -3.43. The Morgan fingerprint density at radius 3 is 2.65 bits per heavy atom. The molecular weight excluding hydrogens is 292 g/mol. The first kappa shape index (κ1) is 17.5. The number of thioether (sulfide) groups is 1. The highest BCUT2D eigenvalue weighted by Crippen LogP contribution is 2.13. The van der Waals surface area contributed by atoms with Gasteiger partial charge in [0.25, 0.3) is 0 Å². The molecule has 1 aromatic carbocycles. The molecule has 0 fully saturated rings. The van der Waals surface area contributed by atoms with Crippen LogP contribution in [0.15, 0.2) is 29.2 Å². The first-order valence-corrected chi connectivity index (χ1v) is 9.72. The van der Waals surface area contributed by atoms with Crippen LogP contribution in [0.25, 0.3) is 0 Å². The van der Waals surface area contributed by atoms with Gasteiger partial charge in [0.2, 0.25) is 10.0 Å². The van der Waals surface area contributed by atoms with Crippen LogP contribution in [0.4, 0.5) is 0 Å². The highest BCUT2D eigenvalue weighted by Gasteiger charge is 2.18. The van der Waals surface area contributed by atoms with Gasteiger partial charge in [0.1, 0.15) is 0 Å². The van der Waals surface area contributed by atoms with Crippen molar-refractivity contribution in [2.24, 2.45) is 0 Å². The molecule has 0 bridgehead atoms. The number of benzene rings is 1. The first-order valence-electron chi connectivity index (χ1n) is 6.84. The summed E-state index contributed by atoms with van der Waals surface area (Å²) in [7, 11) is -3.43. The fraction of sp³-hybridized carbons (Fsp3) is 0.571. The number of nitrogens with one attached hydrogen (secondary N) is 2. The number of sulfonamides is 1. The van der Waals surface area contributed by atoms with Gasteiger partial charge in [-0.05, 0) is 36.9 Å². The second-order valence-corrected chi connectivity index (χ2v) is 7.23. The number of rotatable bonds is 9. The number of hydrogen-bond donors (Lipinski definition) is 2. The fourth-order valence-corrected chi connectivity index (χ4v) is 4.03. The molecule has 114 valence electrons. The maximum absolute atomic E-state index is 12.4. The third-order valence-electron chi connectivity index (χ3n) is 2.97. The zero-order valence-electron chi connectivity index (χ0n) is 12.3. The monoisotopic (exact) mass is 316 g/mol. The first-order chi connectivity index (χ1) is 9.53. The van der Waals surface area contributed by atoms with Crippen LogP contribution < -0.4 is 10.0 Å². The van der Waals surface area contributed by atoms with Crippen LogP contribution in [-0.2, 0) is 16.6 Å². The van der Waals surface area contributed by atoms with E-state index in [-0.39, 0.29) is 6.04 Å². The number of hydrogen-bond acceptors (Lipinski definition) is 4. The molecule has 6 heteroatoms. The minimum absolute atomic E-state index is 0.0209. The van der Waals surface area contributed by atoms with Gasteiger partial charge in [-0.3, -0.25) is 0 Å². The van der Waals surface area contributed by atoms with Gasteiger partial charge in [-0.25, -0.2) is 13.1 Å². The Balaban J connectivity index is 2.85. The van der Waals surface area contributed by atoms with E-state index in [1.807, 2.05) is 26.2 Å². The molecule has 0 saturated carbocycles. The average molecular weight is 316 g/mol. The molecule has 1 atom stereocenters. The maximum atomic E-state index is 12.4. The van der Waals surface area contributed by atoms with Crippen molar-refractivity contribution in [2.75, 3.05) is 18.6 Å². The molecule has 0 radical (unpaired) electrons. The zero-order valence-corrected chi connectivity index (χ0v) is 14.0. The van der Waals surface area contributed by atoms with Gasteiger partial charge in [-0.2, -0.15) is 11.8 Å². The van der Waals surface area contributed by atoms with E-state index in [2.05, 4.69) is 10.0 Å². The van der Waals surface area contributed by atoms with Gasteiger partial charge in [0, 0.05) is 18.3 Å². The molecule has 0 aromatic heterocycles. The molecule has 2 N–H and O–H groups in total. The van der Waals surface area contributed by atoms with Crippen LogP contribution in [0, 0.1) is 0 Å². The van der Waals surface area contributed by atoms with Crippen molar-refractivity contribution >= 4 is 21.8 Å². The summed E-state index contributed by atoms with van der Waals surface area (Å²) in [5.74, 6) is 0.785. The molecule has 4 nitrogen and oxygen atoms in total. The Morgan fingerprint density at radius 2 is 2.05 bits per heavy atom. The summed E-state index contributed by atoms with van der Waals surface area (Å²) < 4.78 is 27.5. The second-order valence-electron chi connectivity index (χ2n) is 4.61. The van der Waals surface area contributed by atoms with Crippen LogP contribution in [0.1, 0.15) is 25.8 Å². The van der Waals surface area contributed by atoms with E-state index in [0.29, 0.717) is 11.4 Å². The van der Waals surface area contributed by atoms with Crippen LogP contribution in [-0.4, -0.2) is 33.0 Å². The van der Waals surface area contributed by atoms with E-state index in [1.54, 1.807) is 30.0 Å². The van der Waals surface area contributed by atoms with Crippen molar-refractivity contribution < 1.29 is 8.42 Å². The second kappa shape index (κ2) is 8.67. The van der Waals surface area contributed by atoms with Crippen LogP contribution in [0.2, 0.25) is 0 Å². The average Bonchev–Trinajstić information content (AvgIpc) is 2.44. The molecular formula is C14H24N2O2S2. The van der Waals surface area contributed by atoms with E-state index >= 15 is 0 Å². The van der Waals surface area contributed by atoms with Gasteiger partial charge in [0.05, 0.1) is 4.90 Å². The van der Waals surface area contributed by atoms with Gasteiger partial charge >= 0.3 is 0 Å².